The number of ether oxygens (including phenoxy) is 2. The predicted molar refractivity (Wildman–Crippen MR) is 75.7 cm³/mol. The molecule has 1 heterocycles. The smallest absolute Gasteiger partial charge is 0.173 e. The summed E-state index contributed by atoms with van der Waals surface area (Å²) >= 11 is 3.35. The van der Waals surface area contributed by atoms with Crippen molar-refractivity contribution in [2.75, 3.05) is 6.61 Å². The Balaban J connectivity index is 2.07. The Hall–Kier alpha value is -1.27. The first-order chi connectivity index (χ1) is 9.10. The summed E-state index contributed by atoms with van der Waals surface area (Å²) in [5, 5.41) is 11.8. The van der Waals surface area contributed by atoms with Gasteiger partial charge in [-0.3, -0.25) is 0 Å². The van der Waals surface area contributed by atoms with Gasteiger partial charge >= 0.3 is 0 Å². The van der Waals surface area contributed by atoms with Gasteiger partial charge in [-0.15, -0.1) is 0 Å². The second-order valence-corrected chi connectivity index (χ2v) is 5.50. The van der Waals surface area contributed by atoms with Gasteiger partial charge < -0.3 is 20.4 Å². The minimum Gasteiger partial charge on any atom is -0.490 e. The monoisotopic (exact) mass is 328 g/mol. The summed E-state index contributed by atoms with van der Waals surface area (Å²) in [6.07, 6.45) is 2.46. The van der Waals surface area contributed by atoms with Crippen molar-refractivity contribution in [3.05, 3.63) is 28.2 Å². The average molecular weight is 329 g/mol. The summed E-state index contributed by atoms with van der Waals surface area (Å²) in [5.41, 5.74) is 6.20. The highest BCUT2D eigenvalue weighted by atomic mass is 79.9. The molecule has 19 heavy (non-hydrogen) atoms. The number of hydrogen-bond acceptors (Lipinski definition) is 4. The lowest BCUT2D eigenvalue weighted by molar-refractivity contribution is 0.0264. The SMILES string of the molecule is CC1CCC(COc2ccc(Br)cc2/C(N)=N/O)O1. The fourth-order valence-corrected chi connectivity index (χ4v) is 2.43. The van der Waals surface area contributed by atoms with E-state index in [1.807, 2.05) is 6.07 Å². The molecule has 0 spiro atoms. The van der Waals surface area contributed by atoms with Crippen LogP contribution < -0.4 is 10.5 Å². The van der Waals surface area contributed by atoms with E-state index in [2.05, 4.69) is 28.0 Å². The molecule has 1 aromatic carbocycles. The molecule has 0 aliphatic carbocycles. The van der Waals surface area contributed by atoms with Gasteiger partial charge in [-0.2, -0.15) is 0 Å². The zero-order valence-corrected chi connectivity index (χ0v) is 12.3. The van der Waals surface area contributed by atoms with Gasteiger partial charge in [-0.05, 0) is 38.0 Å². The summed E-state index contributed by atoms with van der Waals surface area (Å²) in [4.78, 5) is 0. The Morgan fingerprint density at radius 2 is 2.37 bits per heavy atom. The van der Waals surface area contributed by atoms with Crippen molar-refractivity contribution in [2.24, 2.45) is 10.9 Å². The van der Waals surface area contributed by atoms with Crippen molar-refractivity contribution in [1.82, 2.24) is 0 Å². The first-order valence-electron chi connectivity index (χ1n) is 6.16. The highest BCUT2D eigenvalue weighted by Crippen LogP contribution is 2.25. The Bertz CT molecular complexity index is 479. The topological polar surface area (TPSA) is 77.1 Å². The van der Waals surface area contributed by atoms with Gasteiger partial charge in [-0.1, -0.05) is 21.1 Å². The lowest BCUT2D eigenvalue weighted by Gasteiger charge is -2.15. The number of oxime groups is 1. The highest BCUT2D eigenvalue weighted by molar-refractivity contribution is 9.10. The second-order valence-electron chi connectivity index (χ2n) is 4.58. The molecule has 6 heteroatoms. The summed E-state index contributed by atoms with van der Waals surface area (Å²) in [7, 11) is 0. The molecule has 0 bridgehead atoms. The minimum atomic E-state index is 0.0250. The Morgan fingerprint density at radius 1 is 1.58 bits per heavy atom. The van der Waals surface area contributed by atoms with E-state index < -0.39 is 0 Å². The summed E-state index contributed by atoms with van der Waals surface area (Å²) in [6, 6.07) is 5.39. The van der Waals surface area contributed by atoms with Gasteiger partial charge in [0.15, 0.2) is 5.84 Å². The van der Waals surface area contributed by atoms with E-state index in [0.29, 0.717) is 24.0 Å². The van der Waals surface area contributed by atoms with Crippen LogP contribution in [0, 0.1) is 0 Å². The third-order valence-corrected chi connectivity index (χ3v) is 3.56. The molecule has 1 aromatic rings. The fraction of sp³-hybridized carbons (Fsp3) is 0.462. The second kappa shape index (κ2) is 6.25. The van der Waals surface area contributed by atoms with Crippen LogP contribution in [0.2, 0.25) is 0 Å². The lowest BCUT2D eigenvalue weighted by Crippen LogP contribution is -2.20. The van der Waals surface area contributed by atoms with E-state index in [0.717, 1.165) is 17.3 Å². The van der Waals surface area contributed by atoms with E-state index in [-0.39, 0.29) is 11.9 Å². The molecule has 1 aliphatic rings. The highest BCUT2D eigenvalue weighted by Gasteiger charge is 2.22. The quantitative estimate of drug-likeness (QED) is 0.385. The number of rotatable bonds is 4. The maximum absolute atomic E-state index is 8.79. The zero-order valence-electron chi connectivity index (χ0n) is 10.7. The van der Waals surface area contributed by atoms with Crippen LogP contribution in [0.1, 0.15) is 25.3 Å². The predicted octanol–water partition coefficient (Wildman–Crippen LogP) is 2.49. The first kappa shape index (κ1) is 14.1. The van der Waals surface area contributed by atoms with E-state index >= 15 is 0 Å². The van der Waals surface area contributed by atoms with Crippen molar-refractivity contribution in [3.8, 4) is 5.75 Å². The van der Waals surface area contributed by atoms with Crippen LogP contribution in [0.25, 0.3) is 0 Å². The molecule has 0 amide bonds. The molecule has 2 rings (SSSR count). The largest absolute Gasteiger partial charge is 0.490 e. The molecular weight excluding hydrogens is 312 g/mol. The van der Waals surface area contributed by atoms with Crippen LogP contribution in [0.5, 0.6) is 5.75 Å². The number of benzene rings is 1. The number of nitrogens with two attached hydrogens (primary N) is 1. The molecule has 104 valence electrons. The van der Waals surface area contributed by atoms with Gasteiger partial charge in [0.25, 0.3) is 0 Å². The van der Waals surface area contributed by atoms with Crippen LogP contribution in [0.4, 0.5) is 0 Å². The Kier molecular flexibility index (Phi) is 4.66. The maximum atomic E-state index is 8.79. The molecular formula is C13H17BrN2O3. The molecule has 5 nitrogen and oxygen atoms in total. The number of amidine groups is 1. The third kappa shape index (κ3) is 3.61. The van der Waals surface area contributed by atoms with Gasteiger partial charge in [0.05, 0.1) is 17.8 Å². The Labute approximate surface area is 120 Å². The minimum absolute atomic E-state index is 0.0250. The third-order valence-electron chi connectivity index (χ3n) is 3.07. The standard InChI is InChI=1S/C13H17BrN2O3/c1-8-2-4-10(19-8)7-18-12-5-3-9(14)6-11(12)13(15)16-17/h3,5-6,8,10,17H,2,4,7H2,1H3,(H2,15,16). The molecule has 0 aromatic heterocycles. The molecule has 0 radical (unpaired) electrons. The molecule has 2 atom stereocenters. The van der Waals surface area contributed by atoms with Crippen LogP contribution in [0.3, 0.4) is 0 Å². The summed E-state index contributed by atoms with van der Waals surface area (Å²) in [5.74, 6) is 0.610. The molecule has 2 unspecified atom stereocenters. The molecule has 0 saturated carbocycles. The summed E-state index contributed by atoms with van der Waals surface area (Å²) in [6.45, 7) is 2.53. The Morgan fingerprint density at radius 3 is 3.00 bits per heavy atom. The lowest BCUT2D eigenvalue weighted by atomic mass is 10.2. The number of nitrogens with zero attached hydrogens (tertiary/aromatic N) is 1. The average Bonchev–Trinajstić information content (AvgIpc) is 2.82. The molecule has 1 saturated heterocycles. The molecule has 1 fully saturated rings. The van der Waals surface area contributed by atoms with E-state index in [1.165, 1.54) is 0 Å². The van der Waals surface area contributed by atoms with E-state index in [1.54, 1.807) is 12.1 Å². The van der Waals surface area contributed by atoms with Crippen LogP contribution in [0.15, 0.2) is 27.8 Å². The fourth-order valence-electron chi connectivity index (χ4n) is 2.07. The van der Waals surface area contributed by atoms with Crippen molar-refractivity contribution >= 4 is 21.8 Å². The van der Waals surface area contributed by atoms with E-state index in [9.17, 15) is 0 Å². The molecule has 1 aliphatic heterocycles. The van der Waals surface area contributed by atoms with Gasteiger partial charge in [0.1, 0.15) is 12.4 Å². The van der Waals surface area contributed by atoms with Crippen LogP contribution in [-0.2, 0) is 4.74 Å². The summed E-state index contributed by atoms with van der Waals surface area (Å²) < 4.78 is 12.3. The normalized spacial score (nSPS) is 23.6. The van der Waals surface area contributed by atoms with Crippen molar-refractivity contribution in [1.29, 1.82) is 0 Å². The van der Waals surface area contributed by atoms with Crippen molar-refractivity contribution in [2.45, 2.75) is 32.0 Å². The van der Waals surface area contributed by atoms with Gasteiger partial charge in [0, 0.05) is 4.47 Å². The number of hydrogen-bond donors (Lipinski definition) is 2. The van der Waals surface area contributed by atoms with E-state index in [4.69, 9.17) is 20.4 Å². The van der Waals surface area contributed by atoms with Crippen molar-refractivity contribution in [3.63, 3.8) is 0 Å². The maximum Gasteiger partial charge on any atom is 0.173 e. The molecule has 3 N–H and O–H groups in total. The van der Waals surface area contributed by atoms with Gasteiger partial charge in [0.2, 0.25) is 0 Å². The first-order valence-corrected chi connectivity index (χ1v) is 6.95. The van der Waals surface area contributed by atoms with Crippen LogP contribution >= 0.6 is 15.9 Å². The van der Waals surface area contributed by atoms with Crippen molar-refractivity contribution < 1.29 is 14.7 Å². The van der Waals surface area contributed by atoms with Gasteiger partial charge in [-0.25, -0.2) is 0 Å². The zero-order chi connectivity index (χ0) is 13.8. The van der Waals surface area contributed by atoms with Crippen LogP contribution in [-0.4, -0.2) is 29.9 Å². The number of halogens is 1.